The van der Waals surface area contributed by atoms with Gasteiger partial charge in [0.15, 0.2) is 6.61 Å². The summed E-state index contributed by atoms with van der Waals surface area (Å²) in [5.74, 6) is 3.23. The number of hydrogen-bond donors (Lipinski definition) is 1. The van der Waals surface area contributed by atoms with Crippen molar-refractivity contribution in [2.75, 3.05) is 11.9 Å². The van der Waals surface area contributed by atoms with Gasteiger partial charge < -0.3 is 19.3 Å². The van der Waals surface area contributed by atoms with Crippen molar-refractivity contribution in [2.45, 2.75) is 25.4 Å². The SMILES string of the molecule is O=C1COc2ccccc2N1.c1ccc2c(c1)OCc1c(-c3noc(C4CC4)n3)ncn1-2. The highest BCUT2D eigenvalue weighted by molar-refractivity contribution is 5.95. The summed E-state index contributed by atoms with van der Waals surface area (Å²) in [6, 6.07) is 15.3. The van der Waals surface area contributed by atoms with Crippen molar-refractivity contribution in [3.8, 4) is 28.7 Å². The molecule has 160 valence electrons. The molecule has 2 aromatic carbocycles. The molecule has 0 bridgehead atoms. The third-order valence-corrected chi connectivity index (χ3v) is 5.46. The van der Waals surface area contributed by atoms with Crippen LogP contribution < -0.4 is 14.8 Å². The predicted octanol–water partition coefficient (Wildman–Crippen LogP) is 3.71. The highest BCUT2D eigenvalue weighted by Gasteiger charge is 2.31. The van der Waals surface area contributed by atoms with E-state index in [4.69, 9.17) is 14.0 Å². The number of carbonyl (C=O) groups excluding carboxylic acids is 1. The Kier molecular flexibility index (Phi) is 4.38. The Hall–Kier alpha value is -4.14. The first-order chi connectivity index (χ1) is 15.8. The van der Waals surface area contributed by atoms with Crippen molar-refractivity contribution in [1.82, 2.24) is 19.7 Å². The van der Waals surface area contributed by atoms with Crippen LogP contribution in [-0.4, -0.2) is 32.2 Å². The minimum Gasteiger partial charge on any atom is -0.485 e. The van der Waals surface area contributed by atoms with Crippen molar-refractivity contribution < 1.29 is 18.8 Å². The summed E-state index contributed by atoms with van der Waals surface area (Å²) in [5.41, 5.74) is 3.43. The van der Waals surface area contributed by atoms with Crippen LogP contribution in [0.1, 0.15) is 30.3 Å². The van der Waals surface area contributed by atoms with Gasteiger partial charge in [-0.1, -0.05) is 29.4 Å². The average molecular weight is 429 g/mol. The molecule has 0 atom stereocenters. The smallest absolute Gasteiger partial charge is 0.262 e. The lowest BCUT2D eigenvalue weighted by atomic mass is 10.2. The van der Waals surface area contributed by atoms with E-state index in [0.717, 1.165) is 53.0 Å². The van der Waals surface area contributed by atoms with Crippen LogP contribution in [0.4, 0.5) is 5.69 Å². The molecule has 9 nitrogen and oxygen atoms in total. The number of fused-ring (bicyclic) bond motifs is 4. The number of benzene rings is 2. The van der Waals surface area contributed by atoms with E-state index >= 15 is 0 Å². The summed E-state index contributed by atoms with van der Waals surface area (Å²) < 4.78 is 18.3. The molecule has 2 aliphatic heterocycles. The van der Waals surface area contributed by atoms with Gasteiger partial charge in [-0.3, -0.25) is 9.36 Å². The van der Waals surface area contributed by atoms with Crippen LogP contribution in [0.25, 0.3) is 17.2 Å². The molecule has 0 spiro atoms. The van der Waals surface area contributed by atoms with E-state index in [-0.39, 0.29) is 12.5 Å². The molecular formula is C23H19N5O4. The molecule has 0 radical (unpaired) electrons. The van der Waals surface area contributed by atoms with E-state index in [2.05, 4.69) is 20.4 Å². The second kappa shape index (κ2) is 7.52. The van der Waals surface area contributed by atoms with Crippen LogP contribution in [-0.2, 0) is 11.4 Å². The predicted molar refractivity (Wildman–Crippen MR) is 114 cm³/mol. The molecule has 1 fully saturated rings. The molecule has 1 N–H and O–H groups in total. The molecule has 1 amide bonds. The first-order valence-electron chi connectivity index (χ1n) is 10.4. The third-order valence-electron chi connectivity index (χ3n) is 5.46. The zero-order valence-electron chi connectivity index (χ0n) is 17.0. The molecule has 2 aromatic heterocycles. The standard InChI is InChI=1S/C15H12N4O2.C8H7NO2/c1-2-4-12-10(3-1)19-8-16-13(11(19)7-20-12)14-17-15(21-18-14)9-5-6-9;10-8-5-11-7-4-2-1-3-6(7)9-8/h1-4,8-9H,5-7H2;1-4H,5H2,(H,9,10). The molecular weight excluding hydrogens is 410 g/mol. The number of para-hydroxylation sites is 4. The lowest BCUT2D eigenvalue weighted by molar-refractivity contribution is -0.118. The van der Waals surface area contributed by atoms with Gasteiger partial charge in [0, 0.05) is 5.92 Å². The van der Waals surface area contributed by atoms with Gasteiger partial charge >= 0.3 is 0 Å². The van der Waals surface area contributed by atoms with E-state index in [9.17, 15) is 4.79 Å². The third kappa shape index (κ3) is 3.37. The highest BCUT2D eigenvalue weighted by atomic mass is 16.5. The Morgan fingerprint density at radius 3 is 2.62 bits per heavy atom. The molecule has 0 unspecified atom stereocenters. The second-order valence-electron chi connectivity index (χ2n) is 7.73. The molecule has 4 aromatic rings. The van der Waals surface area contributed by atoms with Crippen molar-refractivity contribution in [3.05, 3.63) is 66.4 Å². The van der Waals surface area contributed by atoms with Crippen LogP contribution >= 0.6 is 0 Å². The van der Waals surface area contributed by atoms with E-state index in [1.54, 1.807) is 6.33 Å². The highest BCUT2D eigenvalue weighted by Crippen LogP contribution is 2.40. The Morgan fingerprint density at radius 1 is 0.969 bits per heavy atom. The fraction of sp³-hybridized carbons (Fsp3) is 0.217. The monoisotopic (exact) mass is 429 g/mol. The first kappa shape index (κ1) is 18.6. The largest absolute Gasteiger partial charge is 0.485 e. The maximum absolute atomic E-state index is 10.8. The Morgan fingerprint density at radius 2 is 1.75 bits per heavy atom. The lowest BCUT2D eigenvalue weighted by Crippen LogP contribution is -2.25. The Bertz CT molecular complexity index is 1310. The summed E-state index contributed by atoms with van der Waals surface area (Å²) in [4.78, 5) is 19.7. The number of imidazole rings is 1. The van der Waals surface area contributed by atoms with Gasteiger partial charge in [0.1, 0.15) is 30.1 Å². The summed E-state index contributed by atoms with van der Waals surface area (Å²) in [5, 5.41) is 6.76. The molecule has 32 heavy (non-hydrogen) atoms. The number of anilines is 1. The zero-order chi connectivity index (χ0) is 21.5. The van der Waals surface area contributed by atoms with Crippen LogP contribution in [0, 0.1) is 0 Å². The maximum Gasteiger partial charge on any atom is 0.262 e. The number of ether oxygens (including phenoxy) is 2. The number of nitrogens with one attached hydrogen (secondary N) is 1. The topological polar surface area (TPSA) is 104 Å². The normalized spacial score (nSPS) is 15.7. The molecule has 3 aliphatic rings. The van der Waals surface area contributed by atoms with E-state index in [1.165, 1.54) is 0 Å². The number of hydrogen-bond acceptors (Lipinski definition) is 7. The minimum absolute atomic E-state index is 0.0938. The van der Waals surface area contributed by atoms with E-state index in [0.29, 0.717) is 18.3 Å². The van der Waals surface area contributed by atoms with Crippen LogP contribution in [0.15, 0.2) is 59.4 Å². The van der Waals surface area contributed by atoms with Crippen LogP contribution in [0.5, 0.6) is 11.5 Å². The van der Waals surface area contributed by atoms with Crippen LogP contribution in [0.3, 0.4) is 0 Å². The molecule has 1 aliphatic carbocycles. The second-order valence-corrected chi connectivity index (χ2v) is 7.73. The zero-order valence-corrected chi connectivity index (χ0v) is 17.0. The fourth-order valence-electron chi connectivity index (χ4n) is 3.68. The van der Waals surface area contributed by atoms with Gasteiger partial charge in [-0.05, 0) is 37.1 Å². The molecule has 1 saturated carbocycles. The van der Waals surface area contributed by atoms with Crippen molar-refractivity contribution in [1.29, 1.82) is 0 Å². The molecule has 0 saturated heterocycles. The molecule has 7 rings (SSSR count). The summed E-state index contributed by atoms with van der Waals surface area (Å²) in [6.07, 6.45) is 4.07. The van der Waals surface area contributed by atoms with E-state index < -0.39 is 0 Å². The van der Waals surface area contributed by atoms with Crippen molar-refractivity contribution in [2.24, 2.45) is 0 Å². The first-order valence-corrected chi connectivity index (χ1v) is 10.4. The number of rotatable bonds is 2. The fourth-order valence-corrected chi connectivity index (χ4v) is 3.68. The summed E-state index contributed by atoms with van der Waals surface area (Å²) >= 11 is 0. The van der Waals surface area contributed by atoms with Crippen LogP contribution in [0.2, 0.25) is 0 Å². The lowest BCUT2D eigenvalue weighted by Gasteiger charge is -2.19. The summed E-state index contributed by atoms with van der Waals surface area (Å²) in [6.45, 7) is 0.580. The van der Waals surface area contributed by atoms with Gasteiger partial charge in [0.25, 0.3) is 5.91 Å². The van der Waals surface area contributed by atoms with Gasteiger partial charge in [-0.2, -0.15) is 4.98 Å². The van der Waals surface area contributed by atoms with E-state index in [1.807, 2.05) is 53.1 Å². The van der Waals surface area contributed by atoms with Crippen molar-refractivity contribution in [3.63, 3.8) is 0 Å². The van der Waals surface area contributed by atoms with Gasteiger partial charge in [0.05, 0.1) is 17.1 Å². The quantitative estimate of drug-likeness (QED) is 0.518. The number of carbonyl (C=O) groups is 1. The Labute approximate surface area is 183 Å². The minimum atomic E-state index is -0.0938. The van der Waals surface area contributed by atoms with Gasteiger partial charge in [-0.25, -0.2) is 4.98 Å². The average Bonchev–Trinajstić information content (AvgIpc) is 3.40. The Balaban J connectivity index is 0.000000150. The number of amides is 1. The summed E-state index contributed by atoms with van der Waals surface area (Å²) in [7, 11) is 0. The van der Waals surface area contributed by atoms with Crippen molar-refractivity contribution >= 4 is 11.6 Å². The van der Waals surface area contributed by atoms with Gasteiger partial charge in [0.2, 0.25) is 11.7 Å². The maximum atomic E-state index is 10.8. The number of aromatic nitrogens is 4. The molecule has 4 heterocycles. The molecule has 9 heteroatoms. The van der Waals surface area contributed by atoms with Gasteiger partial charge in [-0.15, -0.1) is 0 Å². The number of nitrogens with zero attached hydrogens (tertiary/aromatic N) is 4.